The van der Waals surface area contributed by atoms with E-state index in [0.717, 1.165) is 35.2 Å². The van der Waals surface area contributed by atoms with Gasteiger partial charge in [-0.25, -0.2) is 4.39 Å². The van der Waals surface area contributed by atoms with Crippen molar-refractivity contribution in [2.45, 2.75) is 6.18 Å². The summed E-state index contributed by atoms with van der Waals surface area (Å²) < 4.78 is 56.9. The zero-order valence-electron chi connectivity index (χ0n) is 15.7. The number of likely N-dealkylation sites (N-methyl/N-ethyl adjacent to an activating group) is 1. The second-order valence-electron chi connectivity index (χ2n) is 6.15. The summed E-state index contributed by atoms with van der Waals surface area (Å²) >= 11 is 5.50. The number of benzene rings is 2. The minimum atomic E-state index is -4.72. The average Bonchev–Trinajstić information content (AvgIpc) is 2.66. The number of nitro benzene ring substituents is 1. The zero-order valence-corrected chi connectivity index (χ0v) is 16.5. The van der Waals surface area contributed by atoms with Crippen LogP contribution in [0.1, 0.15) is 5.56 Å². The lowest BCUT2D eigenvalue weighted by molar-refractivity contribution is -0.385. The molecule has 0 saturated heterocycles. The molecule has 0 saturated carbocycles. The van der Waals surface area contributed by atoms with E-state index in [0.29, 0.717) is 6.07 Å². The van der Waals surface area contributed by atoms with Gasteiger partial charge in [-0.15, -0.1) is 0 Å². The van der Waals surface area contributed by atoms with Gasteiger partial charge in [-0.3, -0.25) is 19.7 Å². The molecule has 0 atom stereocenters. The molecule has 0 heterocycles. The van der Waals surface area contributed by atoms with E-state index >= 15 is 0 Å². The largest absolute Gasteiger partial charge is 0.477 e. The van der Waals surface area contributed by atoms with Gasteiger partial charge in [0.25, 0.3) is 5.91 Å². The van der Waals surface area contributed by atoms with Crippen molar-refractivity contribution >= 4 is 34.8 Å². The lowest BCUT2D eigenvalue weighted by Crippen LogP contribution is -2.37. The third-order valence-corrected chi connectivity index (χ3v) is 4.16. The van der Waals surface area contributed by atoms with Crippen LogP contribution < -0.4 is 10.1 Å². The third kappa shape index (κ3) is 6.54. The number of ether oxygens (including phenoxy) is 1. The Hall–Kier alpha value is -3.41. The second-order valence-corrected chi connectivity index (χ2v) is 6.56. The molecule has 0 aliphatic rings. The molecule has 0 radical (unpaired) electrons. The molecule has 13 heteroatoms. The average molecular weight is 464 g/mol. The van der Waals surface area contributed by atoms with E-state index in [4.69, 9.17) is 16.3 Å². The predicted molar refractivity (Wildman–Crippen MR) is 101 cm³/mol. The smallest absolute Gasteiger partial charge is 0.417 e. The number of carbonyl (C=O) groups is 2. The van der Waals surface area contributed by atoms with Crippen molar-refractivity contribution in [1.82, 2.24) is 4.90 Å². The molecule has 0 aliphatic heterocycles. The van der Waals surface area contributed by atoms with Crippen LogP contribution in [-0.2, 0) is 15.8 Å². The lowest BCUT2D eigenvalue weighted by Gasteiger charge is -2.17. The Morgan fingerprint density at radius 1 is 1.23 bits per heavy atom. The van der Waals surface area contributed by atoms with Gasteiger partial charge in [-0.2, -0.15) is 13.2 Å². The number of hydrogen-bond acceptors (Lipinski definition) is 5. The van der Waals surface area contributed by atoms with Crippen molar-refractivity contribution in [1.29, 1.82) is 0 Å². The van der Waals surface area contributed by atoms with E-state index in [-0.39, 0.29) is 5.69 Å². The predicted octanol–water partition coefficient (Wildman–Crippen LogP) is 3.88. The normalized spacial score (nSPS) is 11.0. The zero-order chi connectivity index (χ0) is 23.3. The Morgan fingerprint density at radius 2 is 1.90 bits per heavy atom. The highest BCUT2D eigenvalue weighted by Crippen LogP contribution is 2.36. The van der Waals surface area contributed by atoms with Crippen molar-refractivity contribution in [2.75, 3.05) is 25.5 Å². The van der Waals surface area contributed by atoms with Gasteiger partial charge in [-0.05, 0) is 24.3 Å². The SMILES string of the molecule is CN(CC(=O)Nc1ccc(Cl)c(C(F)(F)F)c1)C(=O)COc1cc(F)ccc1[N+](=O)[O-]. The van der Waals surface area contributed by atoms with Crippen LogP contribution in [0.2, 0.25) is 5.02 Å². The van der Waals surface area contributed by atoms with E-state index < -0.39 is 63.9 Å². The highest BCUT2D eigenvalue weighted by Gasteiger charge is 2.33. The molecule has 8 nitrogen and oxygen atoms in total. The molecule has 31 heavy (non-hydrogen) atoms. The Balaban J connectivity index is 1.97. The fraction of sp³-hybridized carbons (Fsp3) is 0.222. The van der Waals surface area contributed by atoms with E-state index in [1.165, 1.54) is 7.05 Å². The van der Waals surface area contributed by atoms with Crippen molar-refractivity contribution < 1.29 is 36.8 Å². The van der Waals surface area contributed by atoms with E-state index in [2.05, 4.69) is 5.32 Å². The molecule has 2 amide bonds. The number of alkyl halides is 3. The van der Waals surface area contributed by atoms with Gasteiger partial charge in [-0.1, -0.05) is 11.6 Å². The number of rotatable bonds is 7. The molecule has 1 N–H and O–H groups in total. The first kappa shape index (κ1) is 23.9. The summed E-state index contributed by atoms with van der Waals surface area (Å²) in [5, 5.41) is 12.6. The van der Waals surface area contributed by atoms with Gasteiger partial charge in [0.2, 0.25) is 11.7 Å². The van der Waals surface area contributed by atoms with E-state index in [1.807, 2.05) is 0 Å². The Labute approximate surface area is 177 Å². The molecule has 0 spiro atoms. The molecule has 0 aromatic heterocycles. The van der Waals surface area contributed by atoms with Gasteiger partial charge in [0.1, 0.15) is 5.82 Å². The summed E-state index contributed by atoms with van der Waals surface area (Å²) in [5.41, 5.74) is -1.88. The highest BCUT2D eigenvalue weighted by atomic mass is 35.5. The quantitative estimate of drug-likeness (QED) is 0.381. The van der Waals surface area contributed by atoms with E-state index in [9.17, 15) is 37.3 Å². The Bertz CT molecular complexity index is 1020. The molecule has 2 rings (SSSR count). The molecule has 0 unspecified atom stereocenters. The van der Waals surface area contributed by atoms with Gasteiger partial charge < -0.3 is 15.0 Å². The summed E-state index contributed by atoms with van der Waals surface area (Å²) in [6.45, 7) is -1.30. The number of halogens is 5. The fourth-order valence-corrected chi connectivity index (χ4v) is 2.55. The monoisotopic (exact) mass is 463 g/mol. The summed E-state index contributed by atoms with van der Waals surface area (Å²) in [6.07, 6.45) is -4.72. The van der Waals surface area contributed by atoms with Crippen LogP contribution >= 0.6 is 11.6 Å². The van der Waals surface area contributed by atoms with Gasteiger partial charge in [0, 0.05) is 24.9 Å². The van der Waals surface area contributed by atoms with Crippen LogP contribution in [0.5, 0.6) is 5.75 Å². The second kappa shape index (κ2) is 9.60. The molecular formula is C18H14ClF4N3O5. The highest BCUT2D eigenvalue weighted by molar-refractivity contribution is 6.31. The topological polar surface area (TPSA) is 102 Å². The van der Waals surface area contributed by atoms with Crippen LogP contribution in [-0.4, -0.2) is 41.8 Å². The standard InChI is InChI=1S/C18H14ClF4N3O5/c1-25(17(28)9-31-15-6-10(20)2-5-14(15)26(29)30)8-16(27)24-11-3-4-13(19)12(7-11)18(21,22)23/h2-7H,8-9H2,1H3,(H,24,27). The van der Waals surface area contributed by atoms with Gasteiger partial charge >= 0.3 is 11.9 Å². The van der Waals surface area contributed by atoms with Crippen molar-refractivity contribution in [3.8, 4) is 5.75 Å². The van der Waals surface area contributed by atoms with E-state index in [1.54, 1.807) is 0 Å². The fourth-order valence-electron chi connectivity index (χ4n) is 2.33. The van der Waals surface area contributed by atoms with Crippen LogP contribution in [0.4, 0.5) is 28.9 Å². The number of nitrogens with one attached hydrogen (secondary N) is 1. The number of hydrogen-bond donors (Lipinski definition) is 1. The molecule has 0 aliphatic carbocycles. The number of nitrogens with zero attached hydrogens (tertiary/aromatic N) is 2. The van der Waals surface area contributed by atoms with Crippen LogP contribution in [0, 0.1) is 15.9 Å². The Morgan fingerprint density at radius 3 is 2.52 bits per heavy atom. The van der Waals surface area contributed by atoms with Crippen LogP contribution in [0.3, 0.4) is 0 Å². The Kier molecular flexibility index (Phi) is 7.39. The number of nitro groups is 1. The lowest BCUT2D eigenvalue weighted by atomic mass is 10.2. The van der Waals surface area contributed by atoms with Gasteiger partial charge in [0.05, 0.1) is 22.1 Å². The minimum Gasteiger partial charge on any atom is -0.477 e. The number of carbonyl (C=O) groups excluding carboxylic acids is 2. The van der Waals surface area contributed by atoms with Crippen LogP contribution in [0.25, 0.3) is 0 Å². The number of anilines is 1. The van der Waals surface area contributed by atoms with Crippen LogP contribution in [0.15, 0.2) is 36.4 Å². The van der Waals surface area contributed by atoms with Crippen molar-refractivity contribution in [3.05, 3.63) is 62.9 Å². The molecule has 2 aromatic carbocycles. The first-order valence-electron chi connectivity index (χ1n) is 8.35. The molecule has 166 valence electrons. The maximum absolute atomic E-state index is 13.3. The molecule has 2 aromatic rings. The summed E-state index contributed by atoms with van der Waals surface area (Å²) in [7, 11) is 1.20. The number of amides is 2. The molecule has 0 fully saturated rings. The van der Waals surface area contributed by atoms with Crippen molar-refractivity contribution in [2.24, 2.45) is 0 Å². The van der Waals surface area contributed by atoms with Crippen molar-refractivity contribution in [3.63, 3.8) is 0 Å². The molecular weight excluding hydrogens is 450 g/mol. The summed E-state index contributed by atoms with van der Waals surface area (Å²) in [5.74, 6) is -2.90. The van der Waals surface area contributed by atoms with Gasteiger partial charge in [0.15, 0.2) is 6.61 Å². The first-order valence-corrected chi connectivity index (χ1v) is 8.73. The maximum Gasteiger partial charge on any atom is 0.417 e. The first-order chi connectivity index (χ1) is 14.4. The summed E-state index contributed by atoms with van der Waals surface area (Å²) in [4.78, 5) is 35.1. The minimum absolute atomic E-state index is 0.186. The third-order valence-electron chi connectivity index (χ3n) is 3.83. The molecule has 0 bridgehead atoms. The summed E-state index contributed by atoms with van der Waals surface area (Å²) in [6, 6.07) is 5.22. The maximum atomic E-state index is 13.3.